The number of rotatable bonds is 3. The topological polar surface area (TPSA) is 59.6 Å². The molecular weight excluding hydrogens is 348 g/mol. The second-order valence-corrected chi connectivity index (χ2v) is 7.37. The molecular formula is C23H25N4O+. The van der Waals surface area contributed by atoms with E-state index in [-0.39, 0.29) is 0 Å². The SMILES string of the molecule is CN(C)c1ccc2c(=[NH+]c3ccc(N)cc3)c3ccc(N(C)C)cc3oc2c1. The molecule has 0 atom stereocenters. The van der Waals surface area contributed by atoms with Gasteiger partial charge in [-0.3, -0.25) is 0 Å². The number of nitrogen functional groups attached to an aromatic ring is 1. The van der Waals surface area contributed by atoms with Gasteiger partial charge in [0.1, 0.15) is 11.2 Å². The van der Waals surface area contributed by atoms with E-state index < -0.39 is 0 Å². The van der Waals surface area contributed by atoms with Gasteiger partial charge in [-0.1, -0.05) is 0 Å². The molecule has 5 nitrogen and oxygen atoms in total. The molecule has 4 rings (SSSR count). The Bertz CT molecular complexity index is 1150. The van der Waals surface area contributed by atoms with Crippen molar-refractivity contribution in [1.82, 2.24) is 0 Å². The summed E-state index contributed by atoms with van der Waals surface area (Å²) >= 11 is 0. The van der Waals surface area contributed by atoms with Crippen molar-refractivity contribution in [2.45, 2.75) is 0 Å². The standard InChI is InChI=1S/C23H24N4O/c1-26(2)17-9-11-19-21(13-17)28-22-14-18(27(3)4)10-12-20(22)23(19)25-16-7-5-15(24)6-8-16/h5-14H,24H2,1-4H3/p+1. The zero-order valence-electron chi connectivity index (χ0n) is 16.7. The second-order valence-electron chi connectivity index (χ2n) is 7.37. The van der Waals surface area contributed by atoms with Crippen LogP contribution >= 0.6 is 0 Å². The molecule has 4 aromatic rings. The average molecular weight is 373 g/mol. The van der Waals surface area contributed by atoms with E-state index in [0.29, 0.717) is 0 Å². The van der Waals surface area contributed by atoms with Gasteiger partial charge < -0.3 is 20.0 Å². The Balaban J connectivity index is 2.09. The lowest BCUT2D eigenvalue weighted by molar-refractivity contribution is -0.399. The van der Waals surface area contributed by atoms with E-state index in [1.807, 2.05) is 52.5 Å². The molecule has 0 radical (unpaired) electrons. The summed E-state index contributed by atoms with van der Waals surface area (Å²) in [6, 6.07) is 20.3. The first-order chi connectivity index (χ1) is 13.4. The highest BCUT2D eigenvalue weighted by Crippen LogP contribution is 2.25. The van der Waals surface area contributed by atoms with Crippen LogP contribution in [0, 0.1) is 0 Å². The van der Waals surface area contributed by atoms with Gasteiger partial charge in [-0.05, 0) is 36.4 Å². The Morgan fingerprint density at radius 2 is 1.21 bits per heavy atom. The zero-order valence-corrected chi connectivity index (χ0v) is 16.7. The maximum absolute atomic E-state index is 6.31. The monoisotopic (exact) mass is 373 g/mol. The number of nitrogens with zero attached hydrogens (tertiary/aromatic N) is 2. The van der Waals surface area contributed by atoms with Crippen LogP contribution in [0.25, 0.3) is 21.9 Å². The minimum atomic E-state index is 0.745. The predicted molar refractivity (Wildman–Crippen MR) is 117 cm³/mol. The van der Waals surface area contributed by atoms with Crippen LogP contribution in [0.1, 0.15) is 0 Å². The van der Waals surface area contributed by atoms with Crippen LogP contribution in [0.4, 0.5) is 22.7 Å². The number of nitrogens with one attached hydrogen (secondary N) is 1. The van der Waals surface area contributed by atoms with Crippen molar-refractivity contribution in [3.05, 3.63) is 66.0 Å². The number of hydrogen-bond donors (Lipinski definition) is 2. The van der Waals surface area contributed by atoms with Gasteiger partial charge in [-0.2, -0.15) is 0 Å². The lowest BCUT2D eigenvalue weighted by Gasteiger charge is -2.14. The summed E-state index contributed by atoms with van der Waals surface area (Å²) in [4.78, 5) is 7.72. The fourth-order valence-corrected chi connectivity index (χ4v) is 3.27. The van der Waals surface area contributed by atoms with Crippen LogP contribution in [-0.4, -0.2) is 28.2 Å². The molecule has 1 aromatic heterocycles. The third-order valence-corrected chi connectivity index (χ3v) is 4.90. The highest BCUT2D eigenvalue weighted by Gasteiger charge is 2.13. The molecule has 28 heavy (non-hydrogen) atoms. The molecule has 3 aromatic carbocycles. The van der Waals surface area contributed by atoms with E-state index >= 15 is 0 Å². The third kappa shape index (κ3) is 3.27. The number of hydrogen-bond acceptors (Lipinski definition) is 4. The molecule has 0 aliphatic heterocycles. The Kier molecular flexibility index (Phi) is 4.43. The normalized spacial score (nSPS) is 11.0. The molecule has 0 bridgehead atoms. The van der Waals surface area contributed by atoms with Crippen LogP contribution in [-0.2, 0) is 0 Å². The van der Waals surface area contributed by atoms with Gasteiger partial charge >= 0.3 is 0 Å². The highest BCUT2D eigenvalue weighted by atomic mass is 16.3. The number of nitrogens with two attached hydrogens (primary N) is 1. The smallest absolute Gasteiger partial charge is 0.226 e. The van der Waals surface area contributed by atoms with E-state index in [1.165, 1.54) is 0 Å². The van der Waals surface area contributed by atoms with Crippen LogP contribution in [0.3, 0.4) is 0 Å². The van der Waals surface area contributed by atoms with Crippen LogP contribution in [0.5, 0.6) is 0 Å². The van der Waals surface area contributed by atoms with Gasteiger partial charge in [-0.15, -0.1) is 0 Å². The molecule has 0 aliphatic carbocycles. The van der Waals surface area contributed by atoms with Crippen molar-refractivity contribution < 1.29 is 9.41 Å². The zero-order chi connectivity index (χ0) is 19.8. The molecule has 0 spiro atoms. The van der Waals surface area contributed by atoms with Gasteiger partial charge in [0.25, 0.3) is 0 Å². The summed E-state index contributed by atoms with van der Waals surface area (Å²) < 4.78 is 6.31. The summed E-state index contributed by atoms with van der Waals surface area (Å²) in [5.74, 6) is 0. The van der Waals surface area contributed by atoms with Crippen molar-refractivity contribution in [3.8, 4) is 0 Å². The van der Waals surface area contributed by atoms with Gasteiger partial charge in [-0.25, -0.2) is 4.99 Å². The lowest BCUT2D eigenvalue weighted by atomic mass is 10.1. The fraction of sp³-hybridized carbons (Fsp3) is 0.174. The maximum Gasteiger partial charge on any atom is 0.226 e. The molecule has 0 fully saturated rings. The first-order valence-corrected chi connectivity index (χ1v) is 9.23. The van der Waals surface area contributed by atoms with Crippen LogP contribution < -0.4 is 25.9 Å². The second kappa shape index (κ2) is 6.93. The number of anilines is 3. The largest absolute Gasteiger partial charge is 0.455 e. The maximum atomic E-state index is 6.31. The molecule has 0 saturated carbocycles. The first kappa shape index (κ1) is 17.9. The van der Waals surface area contributed by atoms with Crippen LogP contribution in [0.2, 0.25) is 0 Å². The van der Waals surface area contributed by atoms with Crippen molar-refractivity contribution >= 4 is 44.7 Å². The van der Waals surface area contributed by atoms with E-state index in [4.69, 9.17) is 10.2 Å². The predicted octanol–water partition coefficient (Wildman–Crippen LogP) is 2.61. The van der Waals surface area contributed by atoms with Crippen molar-refractivity contribution in [1.29, 1.82) is 0 Å². The summed E-state index contributed by atoms with van der Waals surface area (Å²) in [7, 11) is 8.11. The summed E-state index contributed by atoms with van der Waals surface area (Å²) in [5.41, 5.74) is 11.4. The summed E-state index contributed by atoms with van der Waals surface area (Å²) in [6.45, 7) is 0. The molecule has 5 heteroatoms. The number of benzene rings is 3. The molecule has 0 aliphatic rings. The Labute approximate surface area is 164 Å². The van der Waals surface area contributed by atoms with Crippen molar-refractivity contribution in [2.75, 3.05) is 43.7 Å². The Hall–Kier alpha value is -3.47. The Morgan fingerprint density at radius 1 is 0.714 bits per heavy atom. The third-order valence-electron chi connectivity index (χ3n) is 4.90. The minimum Gasteiger partial charge on any atom is -0.455 e. The quantitative estimate of drug-likeness (QED) is 0.428. The summed E-state index contributed by atoms with van der Waals surface area (Å²) in [6.07, 6.45) is 0. The minimum absolute atomic E-state index is 0.745. The molecule has 142 valence electrons. The molecule has 1 heterocycles. The molecule has 0 saturated heterocycles. The van der Waals surface area contributed by atoms with E-state index in [0.717, 1.165) is 50.0 Å². The lowest BCUT2D eigenvalue weighted by Crippen LogP contribution is -2.70. The van der Waals surface area contributed by atoms with Crippen molar-refractivity contribution in [2.24, 2.45) is 0 Å². The first-order valence-electron chi connectivity index (χ1n) is 9.23. The van der Waals surface area contributed by atoms with Gasteiger partial charge in [0.15, 0.2) is 0 Å². The molecule has 3 N–H and O–H groups in total. The number of fused-ring (bicyclic) bond motifs is 2. The highest BCUT2D eigenvalue weighted by molar-refractivity contribution is 5.91. The molecule has 0 unspecified atom stereocenters. The average Bonchev–Trinajstić information content (AvgIpc) is 2.68. The van der Waals surface area contributed by atoms with E-state index in [1.54, 1.807) is 0 Å². The molecule has 0 amide bonds. The fourth-order valence-electron chi connectivity index (χ4n) is 3.27. The summed E-state index contributed by atoms with van der Waals surface area (Å²) in [5, 5.41) is 3.09. The van der Waals surface area contributed by atoms with Crippen molar-refractivity contribution in [3.63, 3.8) is 0 Å². The van der Waals surface area contributed by atoms with Gasteiger partial charge in [0.2, 0.25) is 11.0 Å². The van der Waals surface area contributed by atoms with Gasteiger partial charge in [0.05, 0.1) is 10.8 Å². The van der Waals surface area contributed by atoms with E-state index in [9.17, 15) is 0 Å². The Morgan fingerprint density at radius 3 is 1.68 bits per heavy atom. The van der Waals surface area contributed by atoms with E-state index in [2.05, 4.69) is 51.2 Å². The van der Waals surface area contributed by atoms with Crippen LogP contribution in [0.15, 0.2) is 65.1 Å². The van der Waals surface area contributed by atoms with Gasteiger partial charge in [0, 0.05) is 69.5 Å².